The largest absolute Gasteiger partial charge is 0.460 e. The molecule has 5 heteroatoms. The predicted molar refractivity (Wildman–Crippen MR) is 56.3 cm³/mol. The lowest BCUT2D eigenvalue weighted by atomic mass is 10.2. The van der Waals surface area contributed by atoms with Gasteiger partial charge in [0.1, 0.15) is 18.8 Å². The molecule has 0 radical (unpaired) electrons. The lowest BCUT2D eigenvalue weighted by molar-refractivity contribution is -0.150. The highest BCUT2D eigenvalue weighted by Crippen LogP contribution is 2.02. The summed E-state index contributed by atoms with van der Waals surface area (Å²) in [7, 11) is 0. The molecule has 0 bridgehead atoms. The summed E-state index contributed by atoms with van der Waals surface area (Å²) in [6, 6.07) is 7.70. The van der Waals surface area contributed by atoms with Crippen LogP contribution in [0.2, 0.25) is 0 Å². The van der Waals surface area contributed by atoms with Crippen molar-refractivity contribution in [3.8, 4) is 0 Å². The van der Waals surface area contributed by atoms with Gasteiger partial charge in [-0.15, -0.1) is 0 Å². The van der Waals surface area contributed by atoms with Crippen molar-refractivity contribution in [2.45, 2.75) is 18.8 Å². The number of hydrogen-bond donors (Lipinski definition) is 2. The van der Waals surface area contributed by atoms with Crippen molar-refractivity contribution in [1.82, 2.24) is 0 Å². The fourth-order valence-electron chi connectivity index (χ4n) is 1.05. The number of aliphatic hydroxyl groups is 1. The minimum atomic E-state index is -1.52. The summed E-state index contributed by atoms with van der Waals surface area (Å²) in [5.74, 6) is -0.802. The highest BCUT2D eigenvalue weighted by molar-refractivity contribution is 5.80. The van der Waals surface area contributed by atoms with E-state index in [0.29, 0.717) is 0 Å². The number of aliphatic hydroxyl groups excluding tert-OH is 1. The molecule has 0 aliphatic heterocycles. The van der Waals surface area contributed by atoms with Crippen LogP contribution in [0.15, 0.2) is 30.3 Å². The number of aldehydes is 1. The van der Waals surface area contributed by atoms with Crippen molar-refractivity contribution in [3.63, 3.8) is 0 Å². The zero-order chi connectivity index (χ0) is 12.0. The van der Waals surface area contributed by atoms with E-state index < -0.39 is 18.1 Å². The van der Waals surface area contributed by atoms with E-state index in [2.05, 4.69) is 0 Å². The van der Waals surface area contributed by atoms with Crippen LogP contribution in [0, 0.1) is 0 Å². The van der Waals surface area contributed by atoms with Crippen molar-refractivity contribution < 1.29 is 19.4 Å². The Kier molecular flexibility index (Phi) is 4.63. The number of rotatable bonds is 5. The number of carbonyl (C=O) groups excluding carboxylic acids is 2. The topological polar surface area (TPSA) is 89.6 Å². The van der Waals surface area contributed by atoms with E-state index in [0.717, 1.165) is 5.56 Å². The first kappa shape index (κ1) is 12.4. The predicted octanol–water partition coefficient (Wildman–Crippen LogP) is -0.383. The molecule has 2 atom stereocenters. The van der Waals surface area contributed by atoms with Crippen LogP contribution in [-0.4, -0.2) is 29.5 Å². The molecule has 5 nitrogen and oxygen atoms in total. The van der Waals surface area contributed by atoms with Crippen molar-refractivity contribution >= 4 is 12.3 Å². The maximum absolute atomic E-state index is 11.3. The average Bonchev–Trinajstić information content (AvgIpc) is 2.35. The third-order valence-corrected chi connectivity index (χ3v) is 2.00. The van der Waals surface area contributed by atoms with E-state index >= 15 is 0 Å². The van der Waals surface area contributed by atoms with Crippen LogP contribution in [0.4, 0.5) is 0 Å². The summed E-state index contributed by atoms with van der Waals surface area (Å²) in [5, 5.41) is 9.00. The van der Waals surface area contributed by atoms with E-state index in [1.165, 1.54) is 0 Å². The van der Waals surface area contributed by atoms with Gasteiger partial charge < -0.3 is 20.4 Å². The maximum atomic E-state index is 11.3. The lowest BCUT2D eigenvalue weighted by Crippen LogP contribution is -2.43. The van der Waals surface area contributed by atoms with E-state index in [-0.39, 0.29) is 12.9 Å². The van der Waals surface area contributed by atoms with Gasteiger partial charge in [0.15, 0.2) is 6.29 Å². The van der Waals surface area contributed by atoms with Gasteiger partial charge in [-0.25, -0.2) is 0 Å². The van der Waals surface area contributed by atoms with Gasteiger partial charge in [-0.1, -0.05) is 30.3 Å². The zero-order valence-electron chi connectivity index (χ0n) is 8.58. The Bertz CT molecular complexity index is 352. The molecule has 1 rings (SSSR count). The number of hydrogen-bond acceptors (Lipinski definition) is 5. The second-order valence-corrected chi connectivity index (χ2v) is 3.25. The first-order valence-electron chi connectivity index (χ1n) is 4.74. The second kappa shape index (κ2) is 5.99. The Hall–Kier alpha value is -1.72. The fraction of sp³-hybridized carbons (Fsp3) is 0.273. The van der Waals surface area contributed by atoms with Crippen LogP contribution in [0.1, 0.15) is 5.56 Å². The third kappa shape index (κ3) is 3.45. The lowest BCUT2D eigenvalue weighted by Gasteiger charge is -2.12. The minimum Gasteiger partial charge on any atom is -0.460 e. The smallest absolute Gasteiger partial charge is 0.326 e. The number of carbonyl (C=O) groups is 2. The van der Waals surface area contributed by atoms with Crippen LogP contribution in [0.3, 0.4) is 0 Å². The van der Waals surface area contributed by atoms with Gasteiger partial charge in [0.25, 0.3) is 0 Å². The van der Waals surface area contributed by atoms with Gasteiger partial charge in [0.05, 0.1) is 0 Å². The van der Waals surface area contributed by atoms with Crippen molar-refractivity contribution in [2.75, 3.05) is 0 Å². The van der Waals surface area contributed by atoms with E-state index in [1.54, 1.807) is 12.1 Å². The van der Waals surface area contributed by atoms with Crippen LogP contribution < -0.4 is 5.73 Å². The zero-order valence-corrected chi connectivity index (χ0v) is 8.58. The van der Waals surface area contributed by atoms with Gasteiger partial charge in [-0.3, -0.25) is 4.79 Å². The van der Waals surface area contributed by atoms with Gasteiger partial charge in [-0.2, -0.15) is 0 Å². The molecule has 2 unspecified atom stereocenters. The number of nitrogens with two attached hydrogens (primary N) is 1. The molecule has 0 saturated carbocycles. The van der Waals surface area contributed by atoms with Crippen LogP contribution in [0.5, 0.6) is 0 Å². The first-order chi connectivity index (χ1) is 7.65. The number of benzene rings is 1. The Morgan fingerprint density at radius 3 is 2.62 bits per heavy atom. The number of ether oxygens (including phenoxy) is 1. The van der Waals surface area contributed by atoms with Crippen molar-refractivity contribution in [3.05, 3.63) is 35.9 Å². The Morgan fingerprint density at radius 1 is 1.44 bits per heavy atom. The van der Waals surface area contributed by atoms with Gasteiger partial charge in [-0.05, 0) is 5.56 Å². The molecule has 3 N–H and O–H groups in total. The summed E-state index contributed by atoms with van der Waals surface area (Å²) in [6.45, 7) is 0.0684. The summed E-state index contributed by atoms with van der Waals surface area (Å²) in [4.78, 5) is 21.4. The van der Waals surface area contributed by atoms with Crippen molar-refractivity contribution in [2.24, 2.45) is 5.73 Å². The molecule has 0 heterocycles. The highest BCUT2D eigenvalue weighted by Gasteiger charge is 2.23. The SMILES string of the molecule is NC(C(=O)OCc1ccccc1)C(O)C=O. The van der Waals surface area contributed by atoms with E-state index in [1.807, 2.05) is 18.2 Å². The first-order valence-corrected chi connectivity index (χ1v) is 4.74. The molecule has 1 aromatic rings. The van der Waals surface area contributed by atoms with Crippen LogP contribution >= 0.6 is 0 Å². The molecular formula is C11H13NO4. The van der Waals surface area contributed by atoms with Gasteiger partial charge in [0, 0.05) is 0 Å². The minimum absolute atomic E-state index is 0.0684. The van der Waals surface area contributed by atoms with Crippen LogP contribution in [-0.2, 0) is 20.9 Å². The van der Waals surface area contributed by atoms with Crippen LogP contribution in [0.25, 0.3) is 0 Å². The standard InChI is InChI=1S/C11H13NO4/c12-10(9(14)6-13)11(15)16-7-8-4-2-1-3-5-8/h1-6,9-10,14H,7,12H2. The van der Waals surface area contributed by atoms with Gasteiger partial charge >= 0.3 is 5.97 Å². The summed E-state index contributed by atoms with van der Waals surface area (Å²) >= 11 is 0. The van der Waals surface area contributed by atoms with Gasteiger partial charge in [0.2, 0.25) is 0 Å². The molecule has 0 aliphatic rings. The molecule has 0 aliphatic carbocycles. The third-order valence-electron chi connectivity index (χ3n) is 2.00. The Labute approximate surface area is 92.8 Å². The highest BCUT2D eigenvalue weighted by atomic mass is 16.5. The molecule has 0 fully saturated rings. The molecule has 0 saturated heterocycles. The molecule has 0 spiro atoms. The average molecular weight is 223 g/mol. The van der Waals surface area contributed by atoms with E-state index in [4.69, 9.17) is 15.6 Å². The van der Waals surface area contributed by atoms with Crippen molar-refractivity contribution in [1.29, 1.82) is 0 Å². The molecule has 86 valence electrons. The molecule has 1 aromatic carbocycles. The molecule has 16 heavy (non-hydrogen) atoms. The van der Waals surface area contributed by atoms with E-state index in [9.17, 15) is 9.59 Å². The normalized spacial score (nSPS) is 13.9. The molecule has 0 amide bonds. The molecule has 0 aromatic heterocycles. The fourth-order valence-corrected chi connectivity index (χ4v) is 1.05. The summed E-state index contributed by atoms with van der Waals surface area (Å²) in [5.41, 5.74) is 6.09. The summed E-state index contributed by atoms with van der Waals surface area (Å²) < 4.78 is 4.83. The Morgan fingerprint density at radius 2 is 2.06 bits per heavy atom. The maximum Gasteiger partial charge on any atom is 0.326 e. The number of esters is 1. The quantitative estimate of drug-likeness (QED) is 0.524. The molecular weight excluding hydrogens is 210 g/mol. The second-order valence-electron chi connectivity index (χ2n) is 3.25. The Balaban J connectivity index is 2.44. The summed E-state index contributed by atoms with van der Waals surface area (Å²) in [6.07, 6.45) is -1.32. The monoisotopic (exact) mass is 223 g/mol.